The number of anilines is 2. The molecular weight excluding hydrogens is 252 g/mol. The lowest BCUT2D eigenvalue weighted by Gasteiger charge is -2.08. The van der Waals surface area contributed by atoms with Gasteiger partial charge in [0.25, 0.3) is 0 Å². The van der Waals surface area contributed by atoms with Gasteiger partial charge in [-0.1, -0.05) is 12.1 Å². The molecular formula is C12H13ClN4O. The molecule has 1 aromatic heterocycles. The van der Waals surface area contributed by atoms with Crippen LogP contribution in [-0.2, 0) is 6.54 Å². The third kappa shape index (κ3) is 3.01. The number of nitrogens with one attached hydrogen (secondary N) is 1. The van der Waals surface area contributed by atoms with E-state index in [-0.39, 0.29) is 5.28 Å². The molecule has 0 spiro atoms. The van der Waals surface area contributed by atoms with Gasteiger partial charge in [0.05, 0.1) is 19.0 Å². The maximum Gasteiger partial charge on any atom is 0.224 e. The van der Waals surface area contributed by atoms with E-state index in [2.05, 4.69) is 15.3 Å². The molecule has 18 heavy (non-hydrogen) atoms. The van der Waals surface area contributed by atoms with Gasteiger partial charge in [-0.25, -0.2) is 4.98 Å². The van der Waals surface area contributed by atoms with Gasteiger partial charge < -0.3 is 15.8 Å². The van der Waals surface area contributed by atoms with Crippen molar-refractivity contribution >= 4 is 23.1 Å². The molecule has 5 nitrogen and oxygen atoms in total. The predicted octanol–water partition coefficient (Wildman–Crippen LogP) is 2.33. The van der Waals surface area contributed by atoms with Gasteiger partial charge in [-0.15, -0.1) is 0 Å². The summed E-state index contributed by atoms with van der Waals surface area (Å²) in [6.45, 7) is 0.599. The van der Waals surface area contributed by atoms with Crippen LogP contribution < -0.4 is 15.8 Å². The zero-order valence-electron chi connectivity index (χ0n) is 9.85. The van der Waals surface area contributed by atoms with Gasteiger partial charge in [0.1, 0.15) is 5.75 Å². The summed E-state index contributed by atoms with van der Waals surface area (Å²) in [5.74, 6) is 1.36. The van der Waals surface area contributed by atoms with E-state index in [4.69, 9.17) is 22.1 Å². The molecule has 0 saturated heterocycles. The van der Waals surface area contributed by atoms with E-state index in [1.165, 1.54) is 6.20 Å². The first kappa shape index (κ1) is 12.4. The summed E-state index contributed by atoms with van der Waals surface area (Å²) >= 11 is 5.70. The lowest BCUT2D eigenvalue weighted by molar-refractivity contribution is 0.414. The van der Waals surface area contributed by atoms with Crippen molar-refractivity contribution in [3.8, 4) is 5.75 Å². The third-order valence-corrected chi connectivity index (χ3v) is 2.59. The van der Waals surface area contributed by atoms with Gasteiger partial charge in [-0.3, -0.25) is 0 Å². The quantitative estimate of drug-likeness (QED) is 0.829. The second-order valence-corrected chi connectivity index (χ2v) is 3.98. The van der Waals surface area contributed by atoms with Crippen molar-refractivity contribution < 1.29 is 4.74 Å². The number of hydrogen-bond donors (Lipinski definition) is 2. The first-order valence-electron chi connectivity index (χ1n) is 5.34. The molecule has 0 atom stereocenters. The van der Waals surface area contributed by atoms with Crippen LogP contribution in [0.5, 0.6) is 5.75 Å². The highest BCUT2D eigenvalue weighted by atomic mass is 35.5. The largest absolute Gasteiger partial charge is 0.497 e. The summed E-state index contributed by atoms with van der Waals surface area (Å²) in [5.41, 5.74) is 7.29. The number of hydrogen-bond acceptors (Lipinski definition) is 5. The standard InChI is InChI=1S/C12H13ClN4O/c1-18-9-4-2-8(3-5-9)6-15-11-10(14)7-16-12(13)17-11/h2-5,7H,6,14H2,1H3,(H,15,16,17). The van der Waals surface area contributed by atoms with Crippen LogP contribution in [0, 0.1) is 0 Å². The van der Waals surface area contributed by atoms with Crippen LogP contribution in [-0.4, -0.2) is 17.1 Å². The fourth-order valence-electron chi connectivity index (χ4n) is 1.44. The van der Waals surface area contributed by atoms with Gasteiger partial charge in [0.2, 0.25) is 5.28 Å². The molecule has 0 aliphatic heterocycles. The third-order valence-electron chi connectivity index (χ3n) is 2.41. The number of nitrogens with zero attached hydrogens (tertiary/aromatic N) is 2. The minimum atomic E-state index is 0.168. The van der Waals surface area contributed by atoms with E-state index < -0.39 is 0 Å². The van der Waals surface area contributed by atoms with Crippen LogP contribution in [0.15, 0.2) is 30.5 Å². The molecule has 0 amide bonds. The van der Waals surface area contributed by atoms with Crippen molar-refractivity contribution in [2.24, 2.45) is 0 Å². The lowest BCUT2D eigenvalue weighted by atomic mass is 10.2. The number of methoxy groups -OCH3 is 1. The lowest BCUT2D eigenvalue weighted by Crippen LogP contribution is -2.05. The number of nitrogen functional groups attached to an aromatic ring is 1. The Hall–Kier alpha value is -2.01. The van der Waals surface area contributed by atoms with Crippen LogP contribution >= 0.6 is 11.6 Å². The Morgan fingerprint density at radius 3 is 2.72 bits per heavy atom. The zero-order chi connectivity index (χ0) is 13.0. The molecule has 1 heterocycles. The van der Waals surface area contributed by atoms with Crippen LogP contribution in [0.1, 0.15) is 5.56 Å². The summed E-state index contributed by atoms with van der Waals surface area (Å²) in [5, 5.41) is 3.27. The molecule has 0 aliphatic carbocycles. The van der Waals surface area contributed by atoms with Crippen molar-refractivity contribution in [1.29, 1.82) is 0 Å². The number of benzene rings is 1. The summed E-state index contributed by atoms with van der Waals surface area (Å²) in [7, 11) is 1.64. The second-order valence-electron chi connectivity index (χ2n) is 3.64. The fraction of sp³-hybridized carbons (Fsp3) is 0.167. The van der Waals surface area contributed by atoms with E-state index in [1.807, 2.05) is 24.3 Å². The predicted molar refractivity (Wildman–Crippen MR) is 71.8 cm³/mol. The molecule has 0 fully saturated rings. The number of halogens is 1. The van der Waals surface area contributed by atoms with Gasteiger partial charge in [0.15, 0.2) is 5.82 Å². The van der Waals surface area contributed by atoms with Crippen LogP contribution in [0.4, 0.5) is 11.5 Å². The molecule has 0 saturated carbocycles. The maximum absolute atomic E-state index is 5.73. The van der Waals surface area contributed by atoms with Crippen LogP contribution in [0.25, 0.3) is 0 Å². The Morgan fingerprint density at radius 1 is 1.33 bits per heavy atom. The monoisotopic (exact) mass is 264 g/mol. The number of nitrogens with two attached hydrogens (primary N) is 1. The molecule has 2 aromatic rings. The summed E-state index contributed by atoms with van der Waals surface area (Å²) in [4.78, 5) is 7.80. The minimum absolute atomic E-state index is 0.168. The zero-order valence-corrected chi connectivity index (χ0v) is 10.6. The van der Waals surface area contributed by atoms with Crippen LogP contribution in [0.3, 0.4) is 0 Å². The highest BCUT2D eigenvalue weighted by molar-refractivity contribution is 6.28. The van der Waals surface area contributed by atoms with Gasteiger partial charge in [-0.05, 0) is 29.3 Å². The molecule has 3 N–H and O–H groups in total. The highest BCUT2D eigenvalue weighted by Gasteiger charge is 2.02. The molecule has 0 aliphatic rings. The molecule has 0 radical (unpaired) electrons. The van der Waals surface area contributed by atoms with E-state index in [0.29, 0.717) is 18.1 Å². The van der Waals surface area contributed by atoms with E-state index >= 15 is 0 Å². The number of ether oxygens (including phenoxy) is 1. The Morgan fingerprint density at radius 2 is 2.06 bits per heavy atom. The van der Waals surface area contributed by atoms with Crippen molar-refractivity contribution in [2.75, 3.05) is 18.2 Å². The van der Waals surface area contributed by atoms with Crippen molar-refractivity contribution in [3.05, 3.63) is 41.3 Å². The molecule has 1 aromatic carbocycles. The van der Waals surface area contributed by atoms with Crippen molar-refractivity contribution in [3.63, 3.8) is 0 Å². The summed E-state index contributed by atoms with van der Waals surface area (Å²) in [6, 6.07) is 7.72. The van der Waals surface area contributed by atoms with Gasteiger partial charge >= 0.3 is 0 Å². The molecule has 0 bridgehead atoms. The fourth-order valence-corrected chi connectivity index (χ4v) is 1.57. The van der Waals surface area contributed by atoms with Crippen LogP contribution in [0.2, 0.25) is 5.28 Å². The highest BCUT2D eigenvalue weighted by Crippen LogP contribution is 2.17. The molecule has 2 rings (SSSR count). The Kier molecular flexibility index (Phi) is 3.84. The normalized spacial score (nSPS) is 10.1. The maximum atomic E-state index is 5.73. The van der Waals surface area contributed by atoms with E-state index in [9.17, 15) is 0 Å². The van der Waals surface area contributed by atoms with E-state index in [1.54, 1.807) is 7.11 Å². The smallest absolute Gasteiger partial charge is 0.224 e. The first-order chi connectivity index (χ1) is 8.69. The van der Waals surface area contributed by atoms with Gasteiger partial charge in [-0.2, -0.15) is 4.98 Å². The van der Waals surface area contributed by atoms with E-state index in [0.717, 1.165) is 11.3 Å². The van der Waals surface area contributed by atoms with Crippen molar-refractivity contribution in [1.82, 2.24) is 9.97 Å². The van der Waals surface area contributed by atoms with Crippen molar-refractivity contribution in [2.45, 2.75) is 6.54 Å². The second kappa shape index (κ2) is 5.55. The SMILES string of the molecule is COc1ccc(CNc2nc(Cl)ncc2N)cc1. The molecule has 6 heteroatoms. The van der Waals surface area contributed by atoms with Gasteiger partial charge in [0, 0.05) is 6.54 Å². The summed E-state index contributed by atoms with van der Waals surface area (Å²) < 4.78 is 5.09. The Labute approximate surface area is 110 Å². The minimum Gasteiger partial charge on any atom is -0.497 e. The number of rotatable bonds is 4. The Bertz CT molecular complexity index is 530. The molecule has 94 valence electrons. The molecule has 0 unspecified atom stereocenters. The topological polar surface area (TPSA) is 73.1 Å². The number of aromatic nitrogens is 2. The average molecular weight is 265 g/mol. The first-order valence-corrected chi connectivity index (χ1v) is 5.71. The summed E-state index contributed by atoms with van der Waals surface area (Å²) in [6.07, 6.45) is 1.48. The Balaban J connectivity index is 2.04. The average Bonchev–Trinajstić information content (AvgIpc) is 2.40.